The van der Waals surface area contributed by atoms with Gasteiger partial charge in [0.25, 0.3) is 5.91 Å². The SMILES string of the molecule is COCCNC(=O)c1cc(-c2cccs2)nn1-c1ccc(Cl)cc1. The Morgan fingerprint density at radius 1 is 1.33 bits per heavy atom. The largest absolute Gasteiger partial charge is 0.383 e. The number of ether oxygens (including phenoxy) is 1. The van der Waals surface area contributed by atoms with E-state index in [-0.39, 0.29) is 5.91 Å². The number of halogens is 1. The van der Waals surface area contributed by atoms with Crippen molar-refractivity contribution in [3.63, 3.8) is 0 Å². The van der Waals surface area contributed by atoms with Gasteiger partial charge >= 0.3 is 0 Å². The Bertz CT molecular complexity index is 813. The molecule has 0 spiro atoms. The monoisotopic (exact) mass is 361 g/mol. The van der Waals surface area contributed by atoms with Crippen molar-refractivity contribution < 1.29 is 9.53 Å². The Morgan fingerprint density at radius 2 is 2.12 bits per heavy atom. The van der Waals surface area contributed by atoms with Crippen molar-refractivity contribution in [1.29, 1.82) is 0 Å². The number of rotatable bonds is 6. The van der Waals surface area contributed by atoms with Gasteiger partial charge in [0.15, 0.2) is 0 Å². The van der Waals surface area contributed by atoms with E-state index >= 15 is 0 Å². The highest BCUT2D eigenvalue weighted by Crippen LogP contribution is 2.26. The van der Waals surface area contributed by atoms with Crippen molar-refractivity contribution in [2.45, 2.75) is 0 Å². The van der Waals surface area contributed by atoms with E-state index in [0.717, 1.165) is 16.3 Å². The van der Waals surface area contributed by atoms with E-state index in [0.29, 0.717) is 23.9 Å². The quantitative estimate of drug-likeness (QED) is 0.682. The van der Waals surface area contributed by atoms with E-state index in [2.05, 4.69) is 10.4 Å². The molecule has 0 saturated carbocycles. The van der Waals surface area contributed by atoms with Crippen LogP contribution in [0.1, 0.15) is 10.5 Å². The Hall–Kier alpha value is -2.15. The van der Waals surface area contributed by atoms with Crippen LogP contribution in [0.3, 0.4) is 0 Å². The molecule has 5 nitrogen and oxygen atoms in total. The number of nitrogens with one attached hydrogen (secondary N) is 1. The van der Waals surface area contributed by atoms with Crippen molar-refractivity contribution in [2.75, 3.05) is 20.3 Å². The molecule has 0 aliphatic rings. The standard InChI is InChI=1S/C17H16ClN3O2S/c1-23-9-8-19-17(22)15-11-14(16-3-2-10-24-16)20-21(15)13-6-4-12(18)5-7-13/h2-7,10-11H,8-9H2,1H3,(H,19,22). The van der Waals surface area contributed by atoms with E-state index in [1.54, 1.807) is 41.3 Å². The lowest BCUT2D eigenvalue weighted by atomic mass is 10.3. The van der Waals surface area contributed by atoms with Gasteiger partial charge in [0.2, 0.25) is 0 Å². The van der Waals surface area contributed by atoms with E-state index in [4.69, 9.17) is 16.3 Å². The smallest absolute Gasteiger partial charge is 0.270 e. The van der Waals surface area contributed by atoms with Crippen molar-refractivity contribution in [2.24, 2.45) is 0 Å². The minimum atomic E-state index is -0.197. The molecule has 124 valence electrons. The third-order valence-corrected chi connectivity index (χ3v) is 4.52. The van der Waals surface area contributed by atoms with Crippen molar-refractivity contribution in [1.82, 2.24) is 15.1 Å². The second-order valence-electron chi connectivity index (χ2n) is 5.03. The molecule has 1 aromatic carbocycles. The Morgan fingerprint density at radius 3 is 2.79 bits per heavy atom. The lowest BCUT2D eigenvalue weighted by Crippen LogP contribution is -2.28. The minimum Gasteiger partial charge on any atom is -0.383 e. The topological polar surface area (TPSA) is 56.1 Å². The van der Waals surface area contributed by atoms with E-state index in [1.165, 1.54) is 0 Å². The fourth-order valence-corrected chi connectivity index (χ4v) is 3.03. The van der Waals surface area contributed by atoms with Crippen LogP contribution in [0, 0.1) is 0 Å². The van der Waals surface area contributed by atoms with Gasteiger partial charge in [0.1, 0.15) is 11.4 Å². The average Bonchev–Trinajstić information content (AvgIpc) is 3.25. The Kier molecular flexibility index (Phi) is 5.30. The molecular weight excluding hydrogens is 346 g/mol. The number of hydrogen-bond donors (Lipinski definition) is 1. The summed E-state index contributed by atoms with van der Waals surface area (Å²) in [6.07, 6.45) is 0. The highest BCUT2D eigenvalue weighted by molar-refractivity contribution is 7.13. The summed E-state index contributed by atoms with van der Waals surface area (Å²) in [6.45, 7) is 0.897. The first-order valence-corrected chi connectivity index (χ1v) is 8.62. The molecule has 3 aromatic rings. The van der Waals surface area contributed by atoms with Gasteiger partial charge in [0, 0.05) is 18.7 Å². The molecule has 0 aliphatic carbocycles. The highest BCUT2D eigenvalue weighted by Gasteiger charge is 2.17. The number of nitrogens with zero attached hydrogens (tertiary/aromatic N) is 2. The van der Waals surface area contributed by atoms with E-state index < -0.39 is 0 Å². The van der Waals surface area contributed by atoms with Gasteiger partial charge < -0.3 is 10.1 Å². The zero-order valence-electron chi connectivity index (χ0n) is 13.0. The summed E-state index contributed by atoms with van der Waals surface area (Å²) in [5.74, 6) is -0.197. The molecular formula is C17H16ClN3O2S. The van der Waals surface area contributed by atoms with Crippen LogP contribution in [0.15, 0.2) is 47.8 Å². The molecule has 2 aromatic heterocycles. The van der Waals surface area contributed by atoms with Gasteiger partial charge in [-0.15, -0.1) is 11.3 Å². The van der Waals surface area contributed by atoms with E-state index in [1.807, 2.05) is 29.6 Å². The molecule has 1 amide bonds. The number of carbonyl (C=O) groups excluding carboxylic acids is 1. The Labute approximate surface area is 148 Å². The molecule has 7 heteroatoms. The summed E-state index contributed by atoms with van der Waals surface area (Å²) < 4.78 is 6.60. The van der Waals surface area contributed by atoms with Gasteiger partial charge in [-0.2, -0.15) is 5.10 Å². The fourth-order valence-electron chi connectivity index (χ4n) is 2.22. The molecule has 3 rings (SSSR count). The molecule has 0 radical (unpaired) electrons. The number of hydrogen-bond acceptors (Lipinski definition) is 4. The number of carbonyl (C=O) groups is 1. The predicted molar refractivity (Wildman–Crippen MR) is 96.1 cm³/mol. The molecule has 0 atom stereocenters. The number of amides is 1. The van der Waals surface area contributed by atoms with Gasteiger partial charge in [-0.1, -0.05) is 17.7 Å². The lowest BCUT2D eigenvalue weighted by molar-refractivity contribution is 0.0929. The minimum absolute atomic E-state index is 0.197. The molecule has 0 bridgehead atoms. The van der Waals surface area contributed by atoms with E-state index in [9.17, 15) is 4.79 Å². The van der Waals surface area contributed by atoms with Gasteiger partial charge in [-0.25, -0.2) is 4.68 Å². The summed E-state index contributed by atoms with van der Waals surface area (Å²) in [6, 6.07) is 12.9. The first-order valence-electron chi connectivity index (χ1n) is 7.36. The van der Waals surface area contributed by atoms with Crippen LogP contribution in [0.25, 0.3) is 16.3 Å². The maximum Gasteiger partial charge on any atom is 0.270 e. The molecule has 0 aliphatic heterocycles. The van der Waals surface area contributed by atoms with Crippen molar-refractivity contribution >= 4 is 28.8 Å². The molecule has 24 heavy (non-hydrogen) atoms. The maximum absolute atomic E-state index is 12.5. The first-order chi connectivity index (χ1) is 11.7. The third-order valence-electron chi connectivity index (χ3n) is 3.38. The van der Waals surface area contributed by atoms with Gasteiger partial charge in [0.05, 0.1) is 17.2 Å². The van der Waals surface area contributed by atoms with Crippen molar-refractivity contribution in [3.05, 3.63) is 58.6 Å². The zero-order chi connectivity index (χ0) is 16.9. The van der Waals surface area contributed by atoms with Crippen LogP contribution in [-0.2, 0) is 4.74 Å². The third kappa shape index (κ3) is 3.67. The Balaban J connectivity index is 1.98. The summed E-state index contributed by atoms with van der Waals surface area (Å²) in [5, 5.41) is 10.0. The number of methoxy groups -OCH3 is 1. The summed E-state index contributed by atoms with van der Waals surface area (Å²) >= 11 is 7.53. The second kappa shape index (κ2) is 7.61. The number of benzene rings is 1. The van der Waals surface area contributed by atoms with Crippen LogP contribution < -0.4 is 5.32 Å². The van der Waals surface area contributed by atoms with Crippen LogP contribution >= 0.6 is 22.9 Å². The molecule has 0 saturated heterocycles. The summed E-state index contributed by atoms with van der Waals surface area (Å²) in [4.78, 5) is 13.5. The molecule has 1 N–H and O–H groups in total. The van der Waals surface area contributed by atoms with Crippen molar-refractivity contribution in [3.8, 4) is 16.3 Å². The zero-order valence-corrected chi connectivity index (χ0v) is 14.6. The van der Waals surface area contributed by atoms with Crippen LogP contribution in [0.5, 0.6) is 0 Å². The van der Waals surface area contributed by atoms with Crippen LogP contribution in [-0.4, -0.2) is 35.9 Å². The predicted octanol–water partition coefficient (Wildman–Crippen LogP) is 3.63. The average molecular weight is 362 g/mol. The molecule has 0 fully saturated rings. The fraction of sp³-hybridized carbons (Fsp3) is 0.176. The van der Waals surface area contributed by atoms with Crippen LogP contribution in [0.4, 0.5) is 0 Å². The molecule has 2 heterocycles. The summed E-state index contributed by atoms with van der Waals surface area (Å²) in [7, 11) is 1.60. The van der Waals surface area contributed by atoms with Gasteiger partial charge in [-0.3, -0.25) is 4.79 Å². The number of aromatic nitrogens is 2. The summed E-state index contributed by atoms with van der Waals surface area (Å²) in [5.41, 5.74) is 2.01. The maximum atomic E-state index is 12.5. The lowest BCUT2D eigenvalue weighted by Gasteiger charge is -2.08. The normalized spacial score (nSPS) is 10.8. The second-order valence-corrected chi connectivity index (χ2v) is 6.41. The number of thiophene rings is 1. The van der Waals surface area contributed by atoms with Gasteiger partial charge in [-0.05, 0) is 41.8 Å². The highest BCUT2D eigenvalue weighted by atomic mass is 35.5. The van der Waals surface area contributed by atoms with Crippen LogP contribution in [0.2, 0.25) is 5.02 Å². The molecule has 0 unspecified atom stereocenters. The first kappa shape index (κ1) is 16.7.